The van der Waals surface area contributed by atoms with Gasteiger partial charge in [-0.1, -0.05) is 0 Å². The molecule has 1 fully saturated rings. The maximum Gasteiger partial charge on any atom is 0.322 e. The predicted molar refractivity (Wildman–Crippen MR) is 58.4 cm³/mol. The summed E-state index contributed by atoms with van der Waals surface area (Å²) in [6.07, 6.45) is 3.63. The molecule has 0 amide bonds. The Kier molecular flexibility index (Phi) is 5.36. The van der Waals surface area contributed by atoms with Crippen LogP contribution in [-0.2, 0) is 9.53 Å². The second-order valence-corrected chi connectivity index (χ2v) is 4.54. The minimum Gasteiger partial charge on any atom is -0.480 e. The van der Waals surface area contributed by atoms with Gasteiger partial charge in [0, 0.05) is 19.7 Å². The molecule has 1 N–H and O–H groups in total. The molecule has 0 aliphatic carbocycles. The maximum absolute atomic E-state index is 10.5. The van der Waals surface area contributed by atoms with Crippen LogP contribution in [0.4, 0.5) is 0 Å². The third-order valence-corrected chi connectivity index (χ3v) is 2.85. The average Bonchev–Trinajstić information content (AvgIpc) is 2.18. The van der Waals surface area contributed by atoms with E-state index in [0.717, 1.165) is 26.0 Å². The number of rotatable bonds is 5. The Hall–Kier alpha value is -0.320. The van der Waals surface area contributed by atoms with Crippen LogP contribution in [0.1, 0.15) is 19.3 Å². The summed E-state index contributed by atoms with van der Waals surface area (Å²) in [5, 5.41) is 7.81. The lowest BCUT2D eigenvalue weighted by Gasteiger charge is -2.27. The molecule has 15 heavy (non-hydrogen) atoms. The Morgan fingerprint density at radius 2 is 2.40 bits per heavy atom. The second-order valence-electron chi connectivity index (χ2n) is 4.02. The number of ether oxygens (including phenoxy) is 1. The van der Waals surface area contributed by atoms with E-state index in [2.05, 4.69) is 0 Å². The van der Waals surface area contributed by atoms with Gasteiger partial charge in [0.1, 0.15) is 5.38 Å². The first-order valence-electron chi connectivity index (χ1n) is 5.26. The fraction of sp³-hybridized carbons (Fsp3) is 0.900. The fourth-order valence-corrected chi connectivity index (χ4v) is 1.96. The third kappa shape index (κ3) is 4.82. The van der Waals surface area contributed by atoms with Crippen molar-refractivity contribution in [1.29, 1.82) is 0 Å². The molecular formula is C10H18ClNO3. The van der Waals surface area contributed by atoms with Gasteiger partial charge in [0.15, 0.2) is 0 Å². The van der Waals surface area contributed by atoms with Gasteiger partial charge in [0.2, 0.25) is 0 Å². The largest absolute Gasteiger partial charge is 0.480 e. The number of nitrogens with zero attached hydrogens (tertiary/aromatic N) is 1. The number of hydrogen-bond donors (Lipinski definition) is 1. The summed E-state index contributed by atoms with van der Waals surface area (Å²) in [7, 11) is 1.87. The first-order valence-corrected chi connectivity index (χ1v) is 5.70. The zero-order chi connectivity index (χ0) is 11.3. The molecule has 1 heterocycles. The van der Waals surface area contributed by atoms with Crippen LogP contribution in [0.15, 0.2) is 0 Å². The normalized spacial score (nSPS) is 24.1. The Morgan fingerprint density at radius 3 is 2.93 bits per heavy atom. The van der Waals surface area contributed by atoms with Gasteiger partial charge < -0.3 is 14.7 Å². The zero-order valence-corrected chi connectivity index (χ0v) is 9.74. The number of carboxylic acid groups (broad SMARTS) is 1. The van der Waals surface area contributed by atoms with Crippen LogP contribution in [0, 0.1) is 0 Å². The smallest absolute Gasteiger partial charge is 0.322 e. The van der Waals surface area contributed by atoms with Gasteiger partial charge in [0.05, 0.1) is 6.10 Å². The average molecular weight is 236 g/mol. The number of likely N-dealkylation sites (N-methyl/N-ethyl adjacent to an activating group) is 1. The number of carboxylic acids is 1. The lowest BCUT2D eigenvalue weighted by molar-refractivity contribution is -0.137. The second kappa shape index (κ2) is 6.30. The van der Waals surface area contributed by atoms with Gasteiger partial charge in [0.25, 0.3) is 0 Å². The molecule has 1 aliphatic rings. The van der Waals surface area contributed by atoms with E-state index >= 15 is 0 Å². The van der Waals surface area contributed by atoms with Gasteiger partial charge in [-0.15, -0.1) is 11.6 Å². The van der Waals surface area contributed by atoms with Gasteiger partial charge in [-0.2, -0.15) is 0 Å². The summed E-state index contributed by atoms with van der Waals surface area (Å²) in [6.45, 7) is 1.94. The lowest BCUT2D eigenvalue weighted by Crippen LogP contribution is -2.38. The fourth-order valence-electron chi connectivity index (χ4n) is 1.73. The number of alkyl halides is 1. The molecule has 0 radical (unpaired) electrons. The number of hydrogen-bond acceptors (Lipinski definition) is 3. The number of halogens is 1. The van der Waals surface area contributed by atoms with Gasteiger partial charge in [-0.25, -0.2) is 0 Å². The van der Waals surface area contributed by atoms with Crippen molar-refractivity contribution in [3.05, 3.63) is 0 Å². The molecule has 2 atom stereocenters. The van der Waals surface area contributed by atoms with Crippen LogP contribution in [0.3, 0.4) is 0 Å². The monoisotopic (exact) mass is 235 g/mol. The van der Waals surface area contributed by atoms with Gasteiger partial charge >= 0.3 is 5.97 Å². The molecule has 1 rings (SSSR count). The third-order valence-electron chi connectivity index (χ3n) is 2.53. The van der Waals surface area contributed by atoms with Crippen LogP contribution in [-0.4, -0.2) is 54.2 Å². The molecule has 5 heteroatoms. The van der Waals surface area contributed by atoms with E-state index in [-0.39, 0.29) is 6.10 Å². The van der Waals surface area contributed by atoms with E-state index in [4.69, 9.17) is 21.4 Å². The first kappa shape index (κ1) is 12.7. The number of carbonyl (C=O) groups is 1. The molecule has 0 bridgehead atoms. The van der Waals surface area contributed by atoms with E-state index in [1.54, 1.807) is 0 Å². The van der Waals surface area contributed by atoms with Crippen molar-refractivity contribution in [2.24, 2.45) is 0 Å². The van der Waals surface area contributed by atoms with Crippen molar-refractivity contribution in [2.45, 2.75) is 30.7 Å². The maximum atomic E-state index is 10.5. The minimum atomic E-state index is -0.965. The Balaban J connectivity index is 2.22. The van der Waals surface area contributed by atoms with Crippen molar-refractivity contribution in [1.82, 2.24) is 4.90 Å². The minimum absolute atomic E-state index is 0.237. The molecule has 0 aromatic rings. The molecule has 0 aromatic carbocycles. The van der Waals surface area contributed by atoms with E-state index in [0.29, 0.717) is 6.54 Å². The molecule has 1 aliphatic heterocycles. The molecule has 88 valence electrons. The highest BCUT2D eigenvalue weighted by atomic mass is 35.5. The highest BCUT2D eigenvalue weighted by Gasteiger charge is 2.20. The molecule has 0 aromatic heterocycles. The van der Waals surface area contributed by atoms with Crippen LogP contribution >= 0.6 is 11.6 Å². The predicted octanol–water partition coefficient (Wildman–Crippen LogP) is 1.18. The SMILES string of the molecule is CN(CC1CCCCO1)CC(Cl)C(=O)O. The Morgan fingerprint density at radius 1 is 1.67 bits per heavy atom. The van der Waals surface area contributed by atoms with E-state index < -0.39 is 11.3 Å². The van der Waals surface area contributed by atoms with E-state index in [1.165, 1.54) is 6.42 Å². The summed E-state index contributed by atoms with van der Waals surface area (Å²) in [6, 6.07) is 0. The van der Waals surface area contributed by atoms with Crippen molar-refractivity contribution in [3.8, 4) is 0 Å². The number of aliphatic carboxylic acids is 1. The summed E-state index contributed by atoms with van der Waals surface area (Å²) in [4.78, 5) is 12.5. The molecule has 0 spiro atoms. The summed E-state index contributed by atoms with van der Waals surface area (Å²) in [5.74, 6) is -0.965. The summed E-state index contributed by atoms with van der Waals surface area (Å²) >= 11 is 5.65. The Bertz CT molecular complexity index is 207. The van der Waals surface area contributed by atoms with Crippen LogP contribution in [0.5, 0.6) is 0 Å². The van der Waals surface area contributed by atoms with Crippen molar-refractivity contribution in [2.75, 3.05) is 26.7 Å². The van der Waals surface area contributed by atoms with Crippen LogP contribution in [0.25, 0.3) is 0 Å². The highest BCUT2D eigenvalue weighted by Crippen LogP contribution is 2.13. The van der Waals surface area contributed by atoms with Crippen molar-refractivity contribution in [3.63, 3.8) is 0 Å². The molecule has 4 nitrogen and oxygen atoms in total. The van der Waals surface area contributed by atoms with Crippen LogP contribution in [0.2, 0.25) is 0 Å². The highest BCUT2D eigenvalue weighted by molar-refractivity contribution is 6.29. The first-order chi connectivity index (χ1) is 7.09. The molecule has 1 saturated heterocycles. The Labute approximate surface area is 95.2 Å². The summed E-state index contributed by atoms with van der Waals surface area (Å²) in [5.41, 5.74) is 0. The summed E-state index contributed by atoms with van der Waals surface area (Å²) < 4.78 is 5.56. The van der Waals surface area contributed by atoms with E-state index in [1.807, 2.05) is 11.9 Å². The molecule has 2 unspecified atom stereocenters. The topological polar surface area (TPSA) is 49.8 Å². The van der Waals surface area contributed by atoms with E-state index in [9.17, 15) is 4.79 Å². The lowest BCUT2D eigenvalue weighted by atomic mass is 10.1. The molecule has 0 saturated carbocycles. The quantitative estimate of drug-likeness (QED) is 0.727. The standard InChI is InChI=1S/C10H18ClNO3/c1-12(7-9(11)10(13)14)6-8-4-2-3-5-15-8/h8-9H,2-7H2,1H3,(H,13,14). The van der Waals surface area contributed by atoms with Crippen molar-refractivity contribution < 1.29 is 14.6 Å². The molecular weight excluding hydrogens is 218 g/mol. The van der Waals surface area contributed by atoms with Crippen molar-refractivity contribution >= 4 is 17.6 Å². The zero-order valence-electron chi connectivity index (χ0n) is 8.99. The van der Waals surface area contributed by atoms with Gasteiger partial charge in [-0.3, -0.25) is 4.79 Å². The van der Waals surface area contributed by atoms with Crippen LogP contribution < -0.4 is 0 Å². The van der Waals surface area contributed by atoms with Gasteiger partial charge in [-0.05, 0) is 26.3 Å².